The molecule has 2 aromatic carbocycles. The minimum atomic E-state index is 0.656. The first-order chi connectivity index (χ1) is 17.1. The van der Waals surface area contributed by atoms with Crippen molar-refractivity contribution in [2.75, 3.05) is 55.5 Å². The summed E-state index contributed by atoms with van der Waals surface area (Å²) >= 11 is 0. The van der Waals surface area contributed by atoms with E-state index in [0.29, 0.717) is 11.5 Å². The molecule has 1 aliphatic heterocycles. The third-order valence-corrected chi connectivity index (χ3v) is 6.24. The van der Waals surface area contributed by atoms with Crippen molar-refractivity contribution in [2.45, 2.75) is 13.5 Å². The summed E-state index contributed by atoms with van der Waals surface area (Å²) in [5.41, 5.74) is 4.22. The fourth-order valence-electron chi connectivity index (χ4n) is 4.23. The van der Waals surface area contributed by atoms with Crippen LogP contribution in [0.25, 0.3) is 10.9 Å². The van der Waals surface area contributed by atoms with Crippen LogP contribution in [-0.2, 0) is 6.54 Å². The summed E-state index contributed by atoms with van der Waals surface area (Å²) in [6, 6.07) is 12.3. The van der Waals surface area contributed by atoms with E-state index in [1.54, 1.807) is 20.5 Å². The van der Waals surface area contributed by atoms with Crippen LogP contribution in [0.5, 0.6) is 11.5 Å². The van der Waals surface area contributed by atoms with Crippen LogP contribution in [0.2, 0.25) is 0 Å². The number of hydrogen-bond donors (Lipinski definition) is 1. The van der Waals surface area contributed by atoms with Crippen LogP contribution in [0.3, 0.4) is 0 Å². The van der Waals surface area contributed by atoms with Crippen molar-refractivity contribution in [1.82, 2.24) is 19.9 Å². The minimum Gasteiger partial charge on any atom is -0.493 e. The highest BCUT2D eigenvalue weighted by Crippen LogP contribution is 2.35. The first-order valence-corrected chi connectivity index (χ1v) is 11.6. The molecule has 2 aromatic heterocycles. The standard InChI is InChI=1S/C26H29N7O2/c1-18-4-6-19(7-5-18)14-27-20-15-28-26(29-16-20)33-10-8-32(9-11-33)25-21-12-23(34-2)24(35-3)13-22(21)30-17-31-25/h4-7,12-13,15-17,27H,8-11,14H2,1-3H3. The van der Waals surface area contributed by atoms with Gasteiger partial charge in [0.1, 0.15) is 12.1 Å². The van der Waals surface area contributed by atoms with Gasteiger partial charge in [-0.3, -0.25) is 0 Å². The van der Waals surface area contributed by atoms with Gasteiger partial charge in [-0.1, -0.05) is 29.8 Å². The van der Waals surface area contributed by atoms with Crippen LogP contribution in [0.1, 0.15) is 11.1 Å². The molecule has 4 aromatic rings. The quantitative estimate of drug-likeness (QED) is 0.433. The number of fused-ring (bicyclic) bond motifs is 1. The Labute approximate surface area is 204 Å². The van der Waals surface area contributed by atoms with Crippen molar-refractivity contribution in [3.8, 4) is 11.5 Å². The number of hydrogen-bond acceptors (Lipinski definition) is 9. The van der Waals surface area contributed by atoms with Gasteiger partial charge in [-0.25, -0.2) is 19.9 Å². The predicted molar refractivity (Wildman–Crippen MR) is 138 cm³/mol. The average Bonchev–Trinajstić information content (AvgIpc) is 2.92. The second kappa shape index (κ2) is 10.0. The second-order valence-electron chi connectivity index (χ2n) is 8.51. The third kappa shape index (κ3) is 4.89. The highest BCUT2D eigenvalue weighted by atomic mass is 16.5. The molecule has 9 nitrogen and oxygen atoms in total. The lowest BCUT2D eigenvalue weighted by atomic mass is 10.1. The van der Waals surface area contributed by atoms with Crippen LogP contribution < -0.4 is 24.6 Å². The number of nitrogens with zero attached hydrogens (tertiary/aromatic N) is 6. The van der Waals surface area contributed by atoms with Crippen LogP contribution in [-0.4, -0.2) is 60.3 Å². The van der Waals surface area contributed by atoms with Gasteiger partial charge in [0.25, 0.3) is 0 Å². The largest absolute Gasteiger partial charge is 0.493 e. The van der Waals surface area contributed by atoms with E-state index in [2.05, 4.69) is 66.2 Å². The van der Waals surface area contributed by atoms with Crippen LogP contribution in [0.4, 0.5) is 17.5 Å². The average molecular weight is 472 g/mol. The normalized spacial score (nSPS) is 13.7. The van der Waals surface area contributed by atoms with Gasteiger partial charge in [0.05, 0.1) is 37.8 Å². The molecule has 3 heterocycles. The van der Waals surface area contributed by atoms with Gasteiger partial charge in [0.15, 0.2) is 11.5 Å². The number of rotatable bonds is 7. The number of aromatic nitrogens is 4. The maximum Gasteiger partial charge on any atom is 0.225 e. The monoisotopic (exact) mass is 471 g/mol. The molecule has 1 saturated heterocycles. The molecule has 0 spiro atoms. The van der Waals surface area contributed by atoms with E-state index in [9.17, 15) is 0 Å². The zero-order valence-corrected chi connectivity index (χ0v) is 20.2. The molecule has 0 atom stereocenters. The number of benzene rings is 2. The fourth-order valence-corrected chi connectivity index (χ4v) is 4.23. The van der Waals surface area contributed by atoms with Crippen molar-refractivity contribution in [1.29, 1.82) is 0 Å². The maximum absolute atomic E-state index is 5.49. The Bertz CT molecular complexity index is 1290. The summed E-state index contributed by atoms with van der Waals surface area (Å²) in [4.78, 5) is 22.7. The van der Waals surface area contributed by atoms with E-state index in [-0.39, 0.29) is 0 Å². The van der Waals surface area contributed by atoms with E-state index in [4.69, 9.17) is 9.47 Å². The molecular formula is C26H29N7O2. The van der Waals surface area contributed by atoms with E-state index in [1.807, 2.05) is 24.5 Å². The molecule has 0 bridgehead atoms. The molecule has 35 heavy (non-hydrogen) atoms. The topological polar surface area (TPSA) is 88.5 Å². The van der Waals surface area contributed by atoms with Crippen molar-refractivity contribution >= 4 is 28.4 Å². The van der Waals surface area contributed by atoms with E-state index < -0.39 is 0 Å². The molecule has 5 rings (SSSR count). The Morgan fingerprint density at radius 1 is 0.829 bits per heavy atom. The van der Waals surface area contributed by atoms with Gasteiger partial charge in [0.2, 0.25) is 5.95 Å². The summed E-state index contributed by atoms with van der Waals surface area (Å²) in [6.07, 6.45) is 5.29. The highest BCUT2D eigenvalue weighted by Gasteiger charge is 2.22. The summed E-state index contributed by atoms with van der Waals surface area (Å²) < 4.78 is 10.9. The van der Waals surface area contributed by atoms with Crippen molar-refractivity contribution in [3.05, 3.63) is 66.2 Å². The number of piperazine rings is 1. The highest BCUT2D eigenvalue weighted by molar-refractivity contribution is 5.92. The smallest absolute Gasteiger partial charge is 0.225 e. The molecule has 0 aliphatic carbocycles. The van der Waals surface area contributed by atoms with Gasteiger partial charge in [-0.05, 0) is 18.6 Å². The Kier molecular flexibility index (Phi) is 6.47. The minimum absolute atomic E-state index is 0.656. The third-order valence-electron chi connectivity index (χ3n) is 6.24. The molecule has 180 valence electrons. The van der Waals surface area contributed by atoms with Crippen LogP contribution in [0.15, 0.2) is 55.1 Å². The lowest BCUT2D eigenvalue weighted by Crippen LogP contribution is -2.47. The number of nitrogens with one attached hydrogen (secondary N) is 1. The van der Waals surface area contributed by atoms with E-state index >= 15 is 0 Å². The molecule has 0 radical (unpaired) electrons. The van der Waals surface area contributed by atoms with Gasteiger partial charge in [0, 0.05) is 44.2 Å². The Balaban J connectivity index is 1.23. The Morgan fingerprint density at radius 3 is 2.17 bits per heavy atom. The first kappa shape index (κ1) is 22.6. The molecule has 9 heteroatoms. The van der Waals surface area contributed by atoms with Crippen molar-refractivity contribution < 1.29 is 9.47 Å². The number of anilines is 3. The van der Waals surface area contributed by atoms with Crippen molar-refractivity contribution in [2.24, 2.45) is 0 Å². The fraction of sp³-hybridized carbons (Fsp3) is 0.308. The number of aryl methyl sites for hydroxylation is 1. The number of methoxy groups -OCH3 is 2. The van der Waals surface area contributed by atoms with E-state index in [0.717, 1.165) is 61.1 Å². The molecule has 1 N–H and O–H groups in total. The van der Waals surface area contributed by atoms with Gasteiger partial charge >= 0.3 is 0 Å². The zero-order valence-electron chi connectivity index (χ0n) is 20.2. The van der Waals surface area contributed by atoms with Crippen molar-refractivity contribution in [3.63, 3.8) is 0 Å². The maximum atomic E-state index is 5.49. The molecule has 0 saturated carbocycles. The Morgan fingerprint density at radius 2 is 1.49 bits per heavy atom. The summed E-state index contributed by atoms with van der Waals surface area (Å²) in [7, 11) is 3.26. The number of ether oxygens (including phenoxy) is 2. The SMILES string of the molecule is COc1cc2ncnc(N3CCN(c4ncc(NCc5ccc(C)cc5)cn4)CC3)c2cc1OC. The van der Waals surface area contributed by atoms with Crippen LogP contribution >= 0.6 is 0 Å². The molecule has 0 unspecified atom stereocenters. The summed E-state index contributed by atoms with van der Waals surface area (Å²) in [6.45, 7) is 6.04. The molecular weight excluding hydrogens is 442 g/mol. The Hall–Kier alpha value is -4.14. The van der Waals surface area contributed by atoms with Crippen LogP contribution in [0, 0.1) is 6.92 Å². The summed E-state index contributed by atoms with van der Waals surface area (Å²) in [5.74, 6) is 2.96. The lowest BCUT2D eigenvalue weighted by molar-refractivity contribution is 0.356. The zero-order chi connectivity index (χ0) is 24.2. The van der Waals surface area contributed by atoms with E-state index in [1.165, 1.54) is 11.1 Å². The van der Waals surface area contributed by atoms with Gasteiger partial charge in [-0.2, -0.15) is 0 Å². The lowest BCUT2D eigenvalue weighted by Gasteiger charge is -2.35. The van der Waals surface area contributed by atoms with Gasteiger partial charge < -0.3 is 24.6 Å². The first-order valence-electron chi connectivity index (χ1n) is 11.6. The second-order valence-corrected chi connectivity index (χ2v) is 8.51. The molecule has 1 aliphatic rings. The summed E-state index contributed by atoms with van der Waals surface area (Å²) in [5, 5.41) is 4.33. The van der Waals surface area contributed by atoms with Gasteiger partial charge in [-0.15, -0.1) is 0 Å². The predicted octanol–water partition coefficient (Wildman–Crippen LogP) is 3.68. The molecule has 1 fully saturated rings. The molecule has 0 amide bonds.